The van der Waals surface area contributed by atoms with Gasteiger partial charge in [0.1, 0.15) is 17.2 Å². The number of rotatable bonds is 8. The van der Waals surface area contributed by atoms with Crippen LogP contribution < -0.4 is 19.5 Å². The number of benzene rings is 3. The fraction of sp³-hybridized carbons (Fsp3) is 0.208. The summed E-state index contributed by atoms with van der Waals surface area (Å²) < 4.78 is 16.0. The molecule has 0 amide bonds. The highest BCUT2D eigenvalue weighted by Gasteiger charge is 2.15. The van der Waals surface area contributed by atoms with Gasteiger partial charge in [-0.1, -0.05) is 41.9 Å². The van der Waals surface area contributed by atoms with Crippen LogP contribution in [0.4, 0.5) is 5.69 Å². The van der Waals surface area contributed by atoms with Gasteiger partial charge in [-0.15, -0.1) is 0 Å². The molecule has 0 aromatic heterocycles. The smallest absolute Gasteiger partial charge is 0.174 e. The van der Waals surface area contributed by atoms with Gasteiger partial charge in [-0.05, 0) is 53.7 Å². The summed E-state index contributed by atoms with van der Waals surface area (Å²) in [7, 11) is 4.88. The normalized spacial score (nSPS) is 10.3. The Labute approximate surface area is 193 Å². The lowest BCUT2D eigenvalue weighted by Gasteiger charge is -2.27. The Morgan fingerprint density at radius 2 is 1.55 bits per heavy atom. The van der Waals surface area contributed by atoms with Crippen molar-refractivity contribution in [1.29, 1.82) is 0 Å². The lowest BCUT2D eigenvalue weighted by Crippen LogP contribution is -2.34. The largest absolute Gasteiger partial charge is 0.497 e. The first-order valence-corrected chi connectivity index (χ1v) is 10.5. The number of anilines is 1. The van der Waals surface area contributed by atoms with Crippen molar-refractivity contribution in [2.45, 2.75) is 13.1 Å². The second kappa shape index (κ2) is 10.9. The molecule has 0 aliphatic carbocycles. The Balaban J connectivity index is 1.85. The van der Waals surface area contributed by atoms with Crippen LogP contribution in [-0.2, 0) is 13.1 Å². The van der Waals surface area contributed by atoms with Gasteiger partial charge in [-0.2, -0.15) is 0 Å². The number of thiocarbonyl (C=S) groups is 1. The van der Waals surface area contributed by atoms with Gasteiger partial charge in [0, 0.05) is 24.2 Å². The summed E-state index contributed by atoms with van der Waals surface area (Å²) in [5, 5.41) is 4.56. The topological polar surface area (TPSA) is 43.0 Å². The van der Waals surface area contributed by atoms with Crippen LogP contribution in [0.2, 0.25) is 5.02 Å². The first kappa shape index (κ1) is 22.7. The summed E-state index contributed by atoms with van der Waals surface area (Å²) >= 11 is 12.2. The molecule has 0 radical (unpaired) electrons. The SMILES string of the molecule is COc1ccc(CN(Cc2ccccc2Cl)C(=S)Nc2ccc(OC)cc2OC)cc1. The molecule has 0 bridgehead atoms. The number of nitrogens with one attached hydrogen (secondary N) is 1. The monoisotopic (exact) mass is 456 g/mol. The summed E-state index contributed by atoms with van der Waals surface area (Å²) in [5.74, 6) is 2.16. The summed E-state index contributed by atoms with van der Waals surface area (Å²) in [6, 6.07) is 21.2. The standard InChI is InChI=1S/C24H25ClN2O3S/c1-28-19-10-8-17(9-11-19)15-27(16-18-6-4-5-7-21(18)25)24(31)26-22-13-12-20(29-2)14-23(22)30-3/h4-14H,15-16H2,1-3H3,(H,26,31). The zero-order chi connectivity index (χ0) is 22.2. The number of hydrogen-bond donors (Lipinski definition) is 1. The van der Waals surface area contributed by atoms with E-state index in [0.29, 0.717) is 34.7 Å². The van der Waals surface area contributed by atoms with E-state index < -0.39 is 0 Å². The third-order valence-electron chi connectivity index (χ3n) is 4.79. The van der Waals surface area contributed by atoms with E-state index in [-0.39, 0.29) is 0 Å². The molecular formula is C24H25ClN2O3S. The molecule has 3 aromatic rings. The van der Waals surface area contributed by atoms with Gasteiger partial charge >= 0.3 is 0 Å². The summed E-state index contributed by atoms with van der Waals surface area (Å²) in [4.78, 5) is 2.06. The van der Waals surface area contributed by atoms with Crippen LogP contribution in [0.5, 0.6) is 17.2 Å². The average molecular weight is 457 g/mol. The molecule has 5 nitrogen and oxygen atoms in total. The average Bonchev–Trinajstić information content (AvgIpc) is 2.80. The highest BCUT2D eigenvalue weighted by Crippen LogP contribution is 2.30. The minimum absolute atomic E-state index is 0.552. The predicted molar refractivity (Wildman–Crippen MR) is 129 cm³/mol. The lowest BCUT2D eigenvalue weighted by molar-refractivity contribution is 0.394. The minimum Gasteiger partial charge on any atom is -0.497 e. The van der Waals surface area contributed by atoms with Gasteiger partial charge in [-0.3, -0.25) is 0 Å². The van der Waals surface area contributed by atoms with Crippen LogP contribution in [0.25, 0.3) is 0 Å². The highest BCUT2D eigenvalue weighted by atomic mass is 35.5. The molecule has 0 atom stereocenters. The van der Waals surface area contributed by atoms with E-state index in [1.54, 1.807) is 21.3 Å². The van der Waals surface area contributed by atoms with E-state index in [0.717, 1.165) is 22.6 Å². The Hall–Kier alpha value is -2.96. The zero-order valence-electron chi connectivity index (χ0n) is 17.7. The predicted octanol–water partition coefficient (Wildman–Crippen LogP) is 5.77. The first-order chi connectivity index (χ1) is 15.0. The van der Waals surface area contributed by atoms with Crippen LogP contribution in [0.15, 0.2) is 66.7 Å². The zero-order valence-corrected chi connectivity index (χ0v) is 19.3. The van der Waals surface area contributed by atoms with Crippen LogP contribution in [-0.4, -0.2) is 31.3 Å². The maximum Gasteiger partial charge on any atom is 0.174 e. The number of ether oxygens (including phenoxy) is 3. The van der Waals surface area contributed by atoms with Crippen molar-refractivity contribution in [3.63, 3.8) is 0 Å². The van der Waals surface area contributed by atoms with Crippen molar-refractivity contribution in [2.24, 2.45) is 0 Å². The van der Waals surface area contributed by atoms with Crippen molar-refractivity contribution in [2.75, 3.05) is 26.6 Å². The summed E-state index contributed by atoms with van der Waals surface area (Å²) in [5.41, 5.74) is 2.84. The van der Waals surface area contributed by atoms with Gasteiger partial charge in [-0.25, -0.2) is 0 Å². The van der Waals surface area contributed by atoms with Crippen LogP contribution in [0.3, 0.4) is 0 Å². The van der Waals surface area contributed by atoms with Crippen molar-refractivity contribution in [3.8, 4) is 17.2 Å². The van der Waals surface area contributed by atoms with E-state index in [1.165, 1.54) is 0 Å². The maximum absolute atomic E-state index is 6.42. The van der Waals surface area contributed by atoms with Crippen molar-refractivity contribution >= 4 is 34.6 Å². The Morgan fingerprint density at radius 1 is 0.871 bits per heavy atom. The molecular weight excluding hydrogens is 432 g/mol. The molecule has 0 fully saturated rings. The molecule has 3 rings (SSSR count). The van der Waals surface area contributed by atoms with E-state index in [4.69, 9.17) is 38.0 Å². The second-order valence-corrected chi connectivity index (χ2v) is 7.59. The van der Waals surface area contributed by atoms with E-state index in [9.17, 15) is 0 Å². The molecule has 0 aliphatic heterocycles. The molecule has 3 aromatic carbocycles. The molecule has 1 N–H and O–H groups in total. The third kappa shape index (κ3) is 6.03. The van der Waals surface area contributed by atoms with Gasteiger partial charge in [0.2, 0.25) is 0 Å². The highest BCUT2D eigenvalue weighted by molar-refractivity contribution is 7.80. The maximum atomic E-state index is 6.42. The molecule has 7 heteroatoms. The first-order valence-electron chi connectivity index (χ1n) is 9.68. The van der Waals surface area contributed by atoms with Crippen LogP contribution >= 0.6 is 23.8 Å². The van der Waals surface area contributed by atoms with Gasteiger partial charge in [0.25, 0.3) is 0 Å². The van der Waals surface area contributed by atoms with Gasteiger partial charge < -0.3 is 24.4 Å². The number of hydrogen-bond acceptors (Lipinski definition) is 4. The molecule has 31 heavy (non-hydrogen) atoms. The lowest BCUT2D eigenvalue weighted by atomic mass is 10.1. The number of methoxy groups -OCH3 is 3. The number of nitrogens with zero attached hydrogens (tertiary/aromatic N) is 1. The van der Waals surface area contributed by atoms with Gasteiger partial charge in [0.05, 0.1) is 27.0 Å². The van der Waals surface area contributed by atoms with Gasteiger partial charge in [0.15, 0.2) is 5.11 Å². The second-order valence-electron chi connectivity index (χ2n) is 6.79. The summed E-state index contributed by atoms with van der Waals surface area (Å²) in [6.07, 6.45) is 0. The molecule has 0 spiro atoms. The van der Waals surface area contributed by atoms with Crippen molar-refractivity contribution < 1.29 is 14.2 Å². The molecule has 0 saturated heterocycles. The fourth-order valence-electron chi connectivity index (χ4n) is 3.08. The molecule has 0 heterocycles. The Morgan fingerprint density at radius 3 is 2.19 bits per heavy atom. The van der Waals surface area contributed by atoms with Crippen molar-refractivity contribution in [3.05, 3.63) is 82.9 Å². The molecule has 0 aliphatic rings. The van der Waals surface area contributed by atoms with E-state index in [1.807, 2.05) is 66.7 Å². The quantitative estimate of drug-likeness (QED) is 0.434. The van der Waals surface area contributed by atoms with E-state index in [2.05, 4.69) is 10.2 Å². The minimum atomic E-state index is 0.552. The Kier molecular flexibility index (Phi) is 7.98. The third-order valence-corrected chi connectivity index (χ3v) is 5.52. The van der Waals surface area contributed by atoms with Crippen molar-refractivity contribution in [1.82, 2.24) is 4.90 Å². The van der Waals surface area contributed by atoms with E-state index >= 15 is 0 Å². The Bertz CT molecular complexity index is 1030. The molecule has 0 saturated carbocycles. The van der Waals surface area contributed by atoms with Crippen LogP contribution in [0, 0.1) is 0 Å². The van der Waals surface area contributed by atoms with Crippen LogP contribution in [0.1, 0.15) is 11.1 Å². The molecule has 162 valence electrons. The fourth-order valence-corrected chi connectivity index (χ4v) is 3.51. The number of halogens is 1. The molecule has 0 unspecified atom stereocenters. The summed E-state index contributed by atoms with van der Waals surface area (Å²) in [6.45, 7) is 1.15.